The molecule has 0 saturated heterocycles. The van der Waals surface area contributed by atoms with Gasteiger partial charge in [0.25, 0.3) is 0 Å². The van der Waals surface area contributed by atoms with Gasteiger partial charge in [0.1, 0.15) is 0 Å². The highest BCUT2D eigenvalue weighted by molar-refractivity contribution is 5.91. The van der Waals surface area contributed by atoms with Gasteiger partial charge in [-0.2, -0.15) is 5.26 Å². The van der Waals surface area contributed by atoms with E-state index >= 15 is 0 Å². The van der Waals surface area contributed by atoms with Crippen LogP contribution in [0.15, 0.2) is 36.4 Å². The zero-order valence-corrected chi connectivity index (χ0v) is 7.70. The maximum atomic E-state index is 9.04. The van der Waals surface area contributed by atoms with Gasteiger partial charge in [-0.15, -0.1) is 0 Å². The lowest BCUT2D eigenvalue weighted by atomic mass is 10.0. The summed E-state index contributed by atoms with van der Waals surface area (Å²) in [6.07, 6.45) is 0.882. The van der Waals surface area contributed by atoms with E-state index in [1.54, 1.807) is 0 Å². The zero-order chi connectivity index (χ0) is 9.54. The second-order valence-corrected chi connectivity index (χ2v) is 3.75. The molecule has 1 heteroatoms. The van der Waals surface area contributed by atoms with Crippen LogP contribution in [0.4, 0.5) is 0 Å². The highest BCUT2D eigenvalue weighted by Crippen LogP contribution is 2.37. The van der Waals surface area contributed by atoms with Gasteiger partial charge in [-0.1, -0.05) is 36.4 Å². The molecule has 1 aliphatic carbocycles. The van der Waals surface area contributed by atoms with Crippen LogP contribution in [0.3, 0.4) is 0 Å². The number of benzene rings is 2. The van der Waals surface area contributed by atoms with E-state index in [4.69, 9.17) is 5.26 Å². The summed E-state index contributed by atoms with van der Waals surface area (Å²) in [6.45, 7) is 0. The number of hydrogen-bond acceptors (Lipinski definition) is 1. The van der Waals surface area contributed by atoms with Gasteiger partial charge in [0.2, 0.25) is 0 Å². The molecule has 0 amide bonds. The van der Waals surface area contributed by atoms with Crippen LogP contribution in [0, 0.1) is 11.3 Å². The second-order valence-electron chi connectivity index (χ2n) is 3.75. The molecule has 2 aromatic carbocycles. The van der Waals surface area contributed by atoms with Crippen molar-refractivity contribution in [3.8, 4) is 6.07 Å². The molecule has 66 valence electrons. The number of nitriles is 1. The molecule has 0 spiro atoms. The number of hydrogen-bond donors (Lipinski definition) is 0. The Kier molecular flexibility index (Phi) is 1.40. The van der Waals surface area contributed by atoms with Crippen molar-refractivity contribution in [1.29, 1.82) is 5.26 Å². The van der Waals surface area contributed by atoms with Crippen molar-refractivity contribution in [2.24, 2.45) is 0 Å². The monoisotopic (exact) mass is 179 g/mol. The van der Waals surface area contributed by atoms with E-state index in [9.17, 15) is 0 Å². The molecule has 0 bridgehead atoms. The van der Waals surface area contributed by atoms with Gasteiger partial charge in [0.15, 0.2) is 0 Å². The van der Waals surface area contributed by atoms with Crippen molar-refractivity contribution in [2.45, 2.75) is 12.3 Å². The Bertz CT molecular complexity index is 543. The lowest BCUT2D eigenvalue weighted by molar-refractivity contribution is 0.897. The Balaban J connectivity index is 2.45. The van der Waals surface area contributed by atoms with Crippen LogP contribution >= 0.6 is 0 Å². The summed E-state index contributed by atoms with van der Waals surface area (Å²) in [7, 11) is 0. The van der Waals surface area contributed by atoms with E-state index in [-0.39, 0.29) is 5.92 Å². The van der Waals surface area contributed by atoms with E-state index in [0.29, 0.717) is 0 Å². The number of nitrogens with zero attached hydrogens (tertiary/aromatic N) is 1. The summed E-state index contributed by atoms with van der Waals surface area (Å²) >= 11 is 0. The van der Waals surface area contributed by atoms with Gasteiger partial charge in [0, 0.05) is 0 Å². The maximum Gasteiger partial charge on any atom is 0.0759 e. The first-order valence-corrected chi connectivity index (χ1v) is 4.80. The molecule has 0 unspecified atom stereocenters. The van der Waals surface area contributed by atoms with Crippen LogP contribution in [0.25, 0.3) is 10.8 Å². The van der Waals surface area contributed by atoms with E-state index in [1.165, 1.54) is 21.9 Å². The molecule has 0 radical (unpaired) electrons. The van der Waals surface area contributed by atoms with Gasteiger partial charge >= 0.3 is 0 Å². The lowest BCUT2D eigenvalue weighted by Gasteiger charge is -2.01. The highest BCUT2D eigenvalue weighted by atomic mass is 14.3. The molecule has 1 nitrogen and oxygen atoms in total. The lowest BCUT2D eigenvalue weighted by Crippen LogP contribution is -1.90. The SMILES string of the molecule is N#C[C@H]1Cc2cccc3cccc1c23. The molecule has 0 aromatic heterocycles. The second kappa shape index (κ2) is 2.59. The summed E-state index contributed by atoms with van der Waals surface area (Å²) in [5.74, 6) is 0.0658. The minimum atomic E-state index is 0.0658. The van der Waals surface area contributed by atoms with Crippen molar-refractivity contribution in [3.05, 3.63) is 47.5 Å². The normalized spacial score (nSPS) is 18.4. The van der Waals surface area contributed by atoms with Crippen LogP contribution in [0.1, 0.15) is 17.0 Å². The largest absolute Gasteiger partial charge is 0.198 e. The average Bonchev–Trinajstić information content (AvgIpc) is 2.60. The van der Waals surface area contributed by atoms with Crippen LogP contribution < -0.4 is 0 Å². The first-order chi connectivity index (χ1) is 6.90. The summed E-state index contributed by atoms with van der Waals surface area (Å²) in [6, 6.07) is 14.9. The van der Waals surface area contributed by atoms with Crippen LogP contribution in [-0.2, 0) is 6.42 Å². The Labute approximate surface area is 82.6 Å². The van der Waals surface area contributed by atoms with Gasteiger partial charge in [-0.3, -0.25) is 0 Å². The molecule has 0 aliphatic heterocycles. The summed E-state index contributed by atoms with van der Waals surface area (Å²) in [5.41, 5.74) is 2.53. The van der Waals surface area contributed by atoms with E-state index in [0.717, 1.165) is 6.42 Å². The predicted molar refractivity (Wildman–Crippen MR) is 56.0 cm³/mol. The summed E-state index contributed by atoms with van der Waals surface area (Å²) in [5, 5.41) is 11.6. The Morgan fingerprint density at radius 1 is 1.14 bits per heavy atom. The quantitative estimate of drug-likeness (QED) is 0.609. The van der Waals surface area contributed by atoms with Gasteiger partial charge in [-0.05, 0) is 28.3 Å². The summed E-state index contributed by atoms with van der Waals surface area (Å²) in [4.78, 5) is 0. The molecule has 0 N–H and O–H groups in total. The Hall–Kier alpha value is -1.81. The third-order valence-corrected chi connectivity index (χ3v) is 2.98. The standard InChI is InChI=1S/C13H9N/c14-8-11-7-10-5-1-3-9-4-2-6-12(11)13(9)10/h1-6,11H,7H2/t11-/m1/s1. The molecule has 0 heterocycles. The van der Waals surface area contributed by atoms with Gasteiger partial charge in [-0.25, -0.2) is 0 Å². The highest BCUT2D eigenvalue weighted by Gasteiger charge is 2.23. The average molecular weight is 179 g/mol. The molecule has 14 heavy (non-hydrogen) atoms. The predicted octanol–water partition coefficient (Wildman–Crippen LogP) is 3.00. The molecule has 1 aliphatic rings. The van der Waals surface area contributed by atoms with Crippen molar-refractivity contribution < 1.29 is 0 Å². The molecule has 3 rings (SSSR count). The molecular formula is C13H9N. The van der Waals surface area contributed by atoms with Crippen LogP contribution in [-0.4, -0.2) is 0 Å². The molecule has 2 aromatic rings. The summed E-state index contributed by atoms with van der Waals surface area (Å²) < 4.78 is 0. The van der Waals surface area contributed by atoms with Crippen LogP contribution in [0.2, 0.25) is 0 Å². The molecule has 0 saturated carbocycles. The van der Waals surface area contributed by atoms with E-state index in [2.05, 4.69) is 36.4 Å². The van der Waals surface area contributed by atoms with Crippen molar-refractivity contribution in [1.82, 2.24) is 0 Å². The Morgan fingerprint density at radius 2 is 1.93 bits per heavy atom. The van der Waals surface area contributed by atoms with Gasteiger partial charge in [0.05, 0.1) is 12.0 Å². The van der Waals surface area contributed by atoms with Crippen molar-refractivity contribution in [3.63, 3.8) is 0 Å². The topological polar surface area (TPSA) is 23.8 Å². The van der Waals surface area contributed by atoms with Gasteiger partial charge < -0.3 is 0 Å². The first kappa shape index (κ1) is 7.58. The maximum absolute atomic E-state index is 9.04. The van der Waals surface area contributed by atoms with E-state index in [1.807, 2.05) is 6.07 Å². The van der Waals surface area contributed by atoms with Crippen molar-refractivity contribution in [2.75, 3.05) is 0 Å². The van der Waals surface area contributed by atoms with E-state index < -0.39 is 0 Å². The minimum absolute atomic E-state index is 0.0658. The molecule has 1 atom stereocenters. The number of rotatable bonds is 0. The van der Waals surface area contributed by atoms with Crippen molar-refractivity contribution >= 4 is 10.8 Å². The fourth-order valence-electron chi connectivity index (χ4n) is 2.36. The molecular weight excluding hydrogens is 170 g/mol. The third kappa shape index (κ3) is 0.831. The minimum Gasteiger partial charge on any atom is -0.198 e. The Morgan fingerprint density at radius 3 is 2.71 bits per heavy atom. The zero-order valence-electron chi connectivity index (χ0n) is 7.70. The third-order valence-electron chi connectivity index (χ3n) is 2.98. The first-order valence-electron chi connectivity index (χ1n) is 4.80. The van der Waals surface area contributed by atoms with Crippen LogP contribution in [0.5, 0.6) is 0 Å². The smallest absolute Gasteiger partial charge is 0.0759 e. The molecule has 0 fully saturated rings. The fourth-order valence-corrected chi connectivity index (χ4v) is 2.36. The fraction of sp³-hybridized carbons (Fsp3) is 0.154.